The molecular weight excluding hydrogens is 248 g/mol. The van der Waals surface area contributed by atoms with Gasteiger partial charge in [-0.25, -0.2) is 0 Å². The molecule has 2 rings (SSSR count). The molecule has 2 aliphatic heterocycles. The molecule has 0 spiro atoms. The van der Waals surface area contributed by atoms with Crippen molar-refractivity contribution in [2.45, 2.75) is 52.2 Å². The van der Waals surface area contributed by atoms with Gasteiger partial charge < -0.3 is 14.2 Å². The van der Waals surface area contributed by atoms with Gasteiger partial charge in [0.1, 0.15) is 0 Å². The highest BCUT2D eigenvalue weighted by molar-refractivity contribution is 5.66. The maximum atomic E-state index is 11.1. The Morgan fingerprint density at radius 3 is 2.42 bits per heavy atom. The SMILES string of the molecule is CC(=O)OC[C@H]1[C@@](C)(COC(C)=O)[C@H]2CC[C@]1(C)O2. The van der Waals surface area contributed by atoms with Gasteiger partial charge in [-0.1, -0.05) is 6.92 Å². The standard InChI is InChI=1S/C14H22O5/c1-9(15)17-7-11-13(3,8-18-10(2)16)12-5-6-14(11,4)19-12/h11-12H,5-8H2,1-4H3/t11-,12+,13+,14-/m0/s1. The van der Waals surface area contributed by atoms with E-state index in [1.54, 1.807) is 0 Å². The van der Waals surface area contributed by atoms with E-state index in [2.05, 4.69) is 13.8 Å². The summed E-state index contributed by atoms with van der Waals surface area (Å²) in [6.45, 7) is 7.55. The van der Waals surface area contributed by atoms with E-state index in [1.807, 2.05) is 0 Å². The highest BCUT2D eigenvalue weighted by Gasteiger charge is 2.63. The Morgan fingerprint density at radius 2 is 1.84 bits per heavy atom. The number of carbonyl (C=O) groups is 2. The molecule has 0 radical (unpaired) electrons. The highest BCUT2D eigenvalue weighted by atomic mass is 16.6. The summed E-state index contributed by atoms with van der Waals surface area (Å²) in [6.07, 6.45) is 1.99. The third-order valence-corrected chi connectivity index (χ3v) is 4.62. The van der Waals surface area contributed by atoms with E-state index >= 15 is 0 Å². The number of hydrogen-bond acceptors (Lipinski definition) is 5. The lowest BCUT2D eigenvalue weighted by atomic mass is 9.63. The van der Waals surface area contributed by atoms with Gasteiger partial charge in [-0.05, 0) is 19.8 Å². The summed E-state index contributed by atoms with van der Waals surface area (Å²) in [5, 5.41) is 0. The van der Waals surface area contributed by atoms with E-state index < -0.39 is 0 Å². The van der Waals surface area contributed by atoms with E-state index in [0.717, 1.165) is 12.8 Å². The second-order valence-electron chi connectivity index (χ2n) is 6.10. The second kappa shape index (κ2) is 4.78. The topological polar surface area (TPSA) is 61.8 Å². The zero-order valence-electron chi connectivity index (χ0n) is 12.0. The molecule has 4 atom stereocenters. The molecule has 0 saturated carbocycles. The molecule has 108 valence electrons. The fourth-order valence-corrected chi connectivity index (χ4v) is 3.52. The van der Waals surface area contributed by atoms with Crippen LogP contribution in [0.2, 0.25) is 0 Å². The van der Waals surface area contributed by atoms with Crippen molar-refractivity contribution in [3.05, 3.63) is 0 Å². The van der Waals surface area contributed by atoms with Crippen molar-refractivity contribution in [1.82, 2.24) is 0 Å². The lowest BCUT2D eigenvalue weighted by Crippen LogP contribution is -2.48. The van der Waals surface area contributed by atoms with Gasteiger partial charge in [0.2, 0.25) is 0 Å². The molecule has 0 unspecified atom stereocenters. The summed E-state index contributed by atoms with van der Waals surface area (Å²) < 4.78 is 16.5. The molecule has 0 aliphatic carbocycles. The van der Waals surface area contributed by atoms with E-state index in [4.69, 9.17) is 14.2 Å². The van der Waals surface area contributed by atoms with Crippen LogP contribution in [-0.2, 0) is 23.8 Å². The molecule has 2 bridgehead atoms. The first-order chi connectivity index (χ1) is 8.78. The van der Waals surface area contributed by atoms with E-state index in [-0.39, 0.29) is 35.0 Å². The average Bonchev–Trinajstić information content (AvgIpc) is 2.77. The molecular formula is C14H22O5. The normalized spacial score (nSPS) is 40.2. The molecule has 5 heteroatoms. The molecule has 2 saturated heterocycles. The molecule has 0 aromatic rings. The number of carbonyl (C=O) groups excluding carboxylic acids is 2. The van der Waals surface area contributed by atoms with Crippen molar-refractivity contribution in [2.75, 3.05) is 13.2 Å². The number of rotatable bonds is 4. The Hall–Kier alpha value is -1.10. The van der Waals surface area contributed by atoms with Gasteiger partial charge in [-0.3, -0.25) is 9.59 Å². The fraction of sp³-hybridized carbons (Fsp3) is 0.857. The number of ether oxygens (including phenoxy) is 3. The number of esters is 2. The monoisotopic (exact) mass is 270 g/mol. The smallest absolute Gasteiger partial charge is 0.302 e. The Bertz CT molecular complexity index is 393. The first kappa shape index (κ1) is 14.3. The van der Waals surface area contributed by atoms with Crippen molar-refractivity contribution in [3.8, 4) is 0 Å². The molecule has 0 aromatic carbocycles. The molecule has 19 heavy (non-hydrogen) atoms. The Labute approximate surface area is 113 Å². The van der Waals surface area contributed by atoms with Crippen molar-refractivity contribution in [3.63, 3.8) is 0 Å². The predicted molar refractivity (Wildman–Crippen MR) is 67.4 cm³/mol. The summed E-state index contributed by atoms with van der Waals surface area (Å²) in [5.41, 5.74) is -0.566. The highest BCUT2D eigenvalue weighted by Crippen LogP contribution is 2.57. The van der Waals surface area contributed by atoms with Crippen LogP contribution in [-0.4, -0.2) is 36.9 Å². The predicted octanol–water partition coefficient (Wildman–Crippen LogP) is 1.69. The third kappa shape index (κ3) is 2.48. The molecule has 2 aliphatic rings. The molecule has 5 nitrogen and oxygen atoms in total. The van der Waals surface area contributed by atoms with Crippen molar-refractivity contribution in [2.24, 2.45) is 11.3 Å². The molecule has 0 amide bonds. The van der Waals surface area contributed by atoms with Crippen LogP contribution in [0.1, 0.15) is 40.5 Å². The Kier molecular flexibility index (Phi) is 3.60. The minimum Gasteiger partial charge on any atom is -0.465 e. The van der Waals surface area contributed by atoms with Gasteiger partial charge >= 0.3 is 11.9 Å². The zero-order chi connectivity index (χ0) is 14.3. The van der Waals surface area contributed by atoms with E-state index in [1.165, 1.54) is 13.8 Å². The van der Waals surface area contributed by atoms with Crippen LogP contribution in [0.15, 0.2) is 0 Å². The second-order valence-corrected chi connectivity index (χ2v) is 6.10. The van der Waals surface area contributed by atoms with E-state index in [0.29, 0.717) is 13.2 Å². The summed E-state index contributed by atoms with van der Waals surface area (Å²) in [5.74, 6) is -0.524. The van der Waals surface area contributed by atoms with Gasteiger partial charge in [0.15, 0.2) is 0 Å². The van der Waals surface area contributed by atoms with Gasteiger partial charge in [0.05, 0.1) is 24.9 Å². The van der Waals surface area contributed by atoms with Gasteiger partial charge in [-0.2, -0.15) is 0 Å². The van der Waals surface area contributed by atoms with Gasteiger partial charge in [0.25, 0.3) is 0 Å². The summed E-state index contributed by atoms with van der Waals surface area (Å²) in [6, 6.07) is 0. The van der Waals surface area contributed by atoms with Crippen molar-refractivity contribution in [1.29, 1.82) is 0 Å². The first-order valence-electron chi connectivity index (χ1n) is 6.72. The first-order valence-corrected chi connectivity index (χ1v) is 6.72. The molecule has 2 fully saturated rings. The summed E-state index contributed by atoms with van der Waals surface area (Å²) in [4.78, 5) is 22.1. The molecule has 0 aromatic heterocycles. The summed E-state index contributed by atoms with van der Waals surface area (Å²) >= 11 is 0. The van der Waals surface area contributed by atoms with Crippen LogP contribution in [0.5, 0.6) is 0 Å². The van der Waals surface area contributed by atoms with Crippen LogP contribution in [0.4, 0.5) is 0 Å². The largest absolute Gasteiger partial charge is 0.465 e. The lowest BCUT2D eigenvalue weighted by Gasteiger charge is -2.40. The Balaban J connectivity index is 2.14. The van der Waals surface area contributed by atoms with Crippen LogP contribution in [0.3, 0.4) is 0 Å². The summed E-state index contributed by atoms with van der Waals surface area (Å²) in [7, 11) is 0. The third-order valence-electron chi connectivity index (χ3n) is 4.62. The van der Waals surface area contributed by atoms with Crippen LogP contribution >= 0.6 is 0 Å². The van der Waals surface area contributed by atoms with Gasteiger partial charge in [-0.15, -0.1) is 0 Å². The average molecular weight is 270 g/mol. The number of hydrogen-bond donors (Lipinski definition) is 0. The van der Waals surface area contributed by atoms with Crippen molar-refractivity contribution < 1.29 is 23.8 Å². The Morgan fingerprint density at radius 1 is 1.21 bits per heavy atom. The maximum absolute atomic E-state index is 11.1. The van der Waals surface area contributed by atoms with Gasteiger partial charge in [0, 0.05) is 25.2 Å². The maximum Gasteiger partial charge on any atom is 0.302 e. The molecule has 0 N–H and O–H groups in total. The van der Waals surface area contributed by atoms with Crippen LogP contribution in [0.25, 0.3) is 0 Å². The van der Waals surface area contributed by atoms with Crippen LogP contribution < -0.4 is 0 Å². The zero-order valence-corrected chi connectivity index (χ0v) is 12.0. The minimum atomic E-state index is -0.291. The van der Waals surface area contributed by atoms with E-state index in [9.17, 15) is 9.59 Å². The molecule has 2 heterocycles. The van der Waals surface area contributed by atoms with Crippen molar-refractivity contribution >= 4 is 11.9 Å². The van der Waals surface area contributed by atoms with Crippen LogP contribution in [0, 0.1) is 11.3 Å². The quantitative estimate of drug-likeness (QED) is 0.727. The lowest BCUT2D eigenvalue weighted by molar-refractivity contribution is -0.151. The fourth-order valence-electron chi connectivity index (χ4n) is 3.52. The number of fused-ring (bicyclic) bond motifs is 2. The minimum absolute atomic E-state index is 0.0574.